The molecular weight excluding hydrogens is 470 g/mol. The highest BCUT2D eigenvalue weighted by Crippen LogP contribution is 2.35. The topological polar surface area (TPSA) is 265 Å². The minimum Gasteiger partial charge on any atom is -0.477 e. The van der Waals surface area contributed by atoms with E-state index in [1.165, 1.54) is 0 Å². The predicted octanol–water partition coefficient (Wildman–Crippen LogP) is -6.42. The second-order valence-electron chi connectivity index (χ2n) is 8.02. The summed E-state index contributed by atoms with van der Waals surface area (Å²) in [4.78, 5) is 23.7. The van der Waals surface area contributed by atoms with E-state index in [1.54, 1.807) is 0 Å². The highest BCUT2D eigenvalue weighted by molar-refractivity contribution is 5.77. The van der Waals surface area contributed by atoms with Crippen LogP contribution in [0.1, 0.15) is 6.92 Å². The second-order valence-corrected chi connectivity index (χ2v) is 8.02. The third-order valence-electron chi connectivity index (χ3n) is 5.69. The number of amides is 1. The van der Waals surface area contributed by atoms with Gasteiger partial charge in [0.05, 0.1) is 19.3 Å². The lowest BCUT2D eigenvalue weighted by Crippen LogP contribution is -2.74. The standard InChI is InChI=1S/C18H31NO15/c1-5(21)19-8-11(25)15(28)18(17(29)30,34-14(8)9(23)6(22)3-20)32-4-7-10(24)12(26)13(27)16(31-2)33-7/h6-16,20,22-28H,3-4H2,1-2H3,(H,19,21)(H,29,30)/t6-,7-,8-,9-,10-,11-,12+,13-,14-,15+,16+,18-/m1/s1. The molecule has 0 radical (unpaired) electrons. The summed E-state index contributed by atoms with van der Waals surface area (Å²) in [5.41, 5.74) is 0. The van der Waals surface area contributed by atoms with Crippen molar-refractivity contribution in [3.8, 4) is 0 Å². The fraction of sp³-hybridized carbons (Fsp3) is 0.889. The van der Waals surface area contributed by atoms with E-state index in [0.717, 1.165) is 14.0 Å². The Bertz CT molecular complexity index is 709. The number of hydrogen-bond acceptors (Lipinski definition) is 14. The Hall–Kier alpha value is -1.54. The van der Waals surface area contributed by atoms with Crippen molar-refractivity contribution in [2.45, 2.75) is 80.0 Å². The van der Waals surface area contributed by atoms with E-state index in [4.69, 9.17) is 24.1 Å². The molecule has 2 aliphatic heterocycles. The van der Waals surface area contributed by atoms with E-state index in [-0.39, 0.29) is 0 Å². The van der Waals surface area contributed by atoms with Crippen LogP contribution in [0.2, 0.25) is 0 Å². The number of carbonyl (C=O) groups excluding carboxylic acids is 1. The highest BCUT2D eigenvalue weighted by Gasteiger charge is 2.62. The van der Waals surface area contributed by atoms with Gasteiger partial charge in [-0.1, -0.05) is 0 Å². The first-order valence-electron chi connectivity index (χ1n) is 10.2. The summed E-state index contributed by atoms with van der Waals surface area (Å²) < 4.78 is 20.6. The molecule has 10 N–H and O–H groups in total. The molecular formula is C18H31NO15. The Balaban J connectivity index is 2.36. The molecule has 2 aliphatic rings. The minimum atomic E-state index is -3.14. The summed E-state index contributed by atoms with van der Waals surface area (Å²) in [6.45, 7) is -0.889. The van der Waals surface area contributed by atoms with Gasteiger partial charge >= 0.3 is 5.97 Å². The van der Waals surface area contributed by atoms with Crippen LogP contribution in [0.4, 0.5) is 0 Å². The number of ether oxygens (including phenoxy) is 4. The summed E-state index contributed by atoms with van der Waals surface area (Å²) in [7, 11) is 1.12. The van der Waals surface area contributed by atoms with Gasteiger partial charge in [-0.2, -0.15) is 0 Å². The molecule has 2 saturated heterocycles. The smallest absolute Gasteiger partial charge is 0.367 e. The minimum absolute atomic E-state index is 0.767. The predicted molar refractivity (Wildman–Crippen MR) is 104 cm³/mol. The number of nitrogens with one attached hydrogen (secondary N) is 1. The normalized spacial score (nSPS) is 42.6. The molecule has 1 amide bonds. The van der Waals surface area contributed by atoms with Gasteiger partial charge < -0.3 is 70.2 Å². The van der Waals surface area contributed by atoms with Gasteiger partial charge in [0.2, 0.25) is 5.91 Å². The first-order chi connectivity index (χ1) is 15.8. The molecule has 2 rings (SSSR count). The van der Waals surface area contributed by atoms with Crippen LogP contribution in [0.15, 0.2) is 0 Å². The molecule has 0 spiro atoms. The van der Waals surface area contributed by atoms with E-state index < -0.39 is 98.1 Å². The van der Waals surface area contributed by atoms with Gasteiger partial charge in [0.25, 0.3) is 5.79 Å². The van der Waals surface area contributed by atoms with Crippen molar-refractivity contribution in [3.05, 3.63) is 0 Å². The maximum atomic E-state index is 12.1. The van der Waals surface area contributed by atoms with Gasteiger partial charge in [-0.3, -0.25) is 4.79 Å². The lowest BCUT2D eigenvalue weighted by atomic mass is 9.86. The number of hydrogen-bond donors (Lipinski definition) is 10. The van der Waals surface area contributed by atoms with Gasteiger partial charge in [0, 0.05) is 14.0 Å². The van der Waals surface area contributed by atoms with Crippen molar-refractivity contribution in [3.63, 3.8) is 0 Å². The average molecular weight is 501 g/mol. The molecule has 0 bridgehead atoms. The second kappa shape index (κ2) is 11.5. The zero-order valence-corrected chi connectivity index (χ0v) is 18.2. The molecule has 0 aromatic rings. The van der Waals surface area contributed by atoms with Crippen molar-refractivity contribution < 1.29 is 74.5 Å². The molecule has 0 aromatic carbocycles. The maximum Gasteiger partial charge on any atom is 0.367 e. The van der Waals surface area contributed by atoms with Gasteiger partial charge in [0.1, 0.15) is 54.9 Å². The number of methoxy groups -OCH3 is 1. The summed E-state index contributed by atoms with van der Waals surface area (Å²) in [5, 5.41) is 92.4. The quantitative estimate of drug-likeness (QED) is 0.141. The van der Waals surface area contributed by atoms with Crippen molar-refractivity contribution >= 4 is 11.9 Å². The first kappa shape index (κ1) is 28.7. The van der Waals surface area contributed by atoms with Crippen LogP contribution >= 0.6 is 0 Å². The summed E-state index contributed by atoms with van der Waals surface area (Å²) >= 11 is 0. The maximum absolute atomic E-state index is 12.1. The zero-order chi connectivity index (χ0) is 26.0. The van der Waals surface area contributed by atoms with Gasteiger partial charge in [-0.25, -0.2) is 4.79 Å². The molecule has 12 atom stereocenters. The van der Waals surface area contributed by atoms with Crippen LogP contribution < -0.4 is 5.32 Å². The number of aliphatic hydroxyl groups excluding tert-OH is 8. The molecule has 34 heavy (non-hydrogen) atoms. The van der Waals surface area contributed by atoms with Crippen molar-refractivity contribution in [1.82, 2.24) is 5.32 Å². The molecule has 16 nitrogen and oxygen atoms in total. The van der Waals surface area contributed by atoms with Crippen LogP contribution in [-0.4, -0.2) is 151 Å². The summed E-state index contributed by atoms with van der Waals surface area (Å²) in [6.07, 6.45) is -18.6. The number of carboxylic acids is 1. The lowest BCUT2D eigenvalue weighted by Gasteiger charge is -2.49. The Morgan fingerprint density at radius 1 is 1.06 bits per heavy atom. The van der Waals surface area contributed by atoms with Gasteiger partial charge in [0.15, 0.2) is 6.29 Å². The number of carbonyl (C=O) groups is 2. The Morgan fingerprint density at radius 3 is 2.18 bits per heavy atom. The van der Waals surface area contributed by atoms with Crippen molar-refractivity contribution in [1.29, 1.82) is 0 Å². The average Bonchev–Trinajstić information content (AvgIpc) is 2.79. The van der Waals surface area contributed by atoms with Crippen LogP contribution in [0.25, 0.3) is 0 Å². The summed E-state index contributed by atoms with van der Waals surface area (Å²) in [5.74, 6) is -5.91. The molecule has 16 heteroatoms. The molecule has 2 heterocycles. The lowest BCUT2D eigenvalue weighted by molar-refractivity contribution is -0.361. The van der Waals surface area contributed by atoms with E-state index in [2.05, 4.69) is 5.32 Å². The van der Waals surface area contributed by atoms with E-state index >= 15 is 0 Å². The number of carboxylic acid groups (broad SMARTS) is 1. The molecule has 0 aromatic heterocycles. The molecule has 0 unspecified atom stereocenters. The van der Waals surface area contributed by atoms with Crippen LogP contribution in [-0.2, 0) is 28.5 Å². The molecule has 0 aliphatic carbocycles. The number of aliphatic hydroxyl groups is 8. The van der Waals surface area contributed by atoms with Crippen molar-refractivity contribution in [2.24, 2.45) is 0 Å². The van der Waals surface area contributed by atoms with E-state index in [1.807, 2.05) is 0 Å². The van der Waals surface area contributed by atoms with Crippen LogP contribution in [0.5, 0.6) is 0 Å². The van der Waals surface area contributed by atoms with Crippen molar-refractivity contribution in [2.75, 3.05) is 20.3 Å². The largest absolute Gasteiger partial charge is 0.477 e. The van der Waals surface area contributed by atoms with Crippen LogP contribution in [0.3, 0.4) is 0 Å². The highest BCUT2D eigenvalue weighted by atomic mass is 16.8. The number of aliphatic carboxylic acids is 1. The third-order valence-corrected chi connectivity index (χ3v) is 5.69. The molecule has 198 valence electrons. The SMILES string of the molecule is CO[C@H]1O[C@H](CO[C@@]2(C(=O)O)O[C@@H]([C@H](O)[C@H](O)CO)[C@H](NC(C)=O)[C@@H](O)[C@@H]2O)[C@@H](O)[C@H](O)[C@H]1O. The Labute approximate surface area is 192 Å². The number of rotatable bonds is 9. The fourth-order valence-electron chi connectivity index (χ4n) is 3.79. The van der Waals surface area contributed by atoms with Crippen LogP contribution in [0, 0.1) is 0 Å². The monoisotopic (exact) mass is 501 g/mol. The Kier molecular flexibility index (Phi) is 9.68. The van der Waals surface area contributed by atoms with E-state index in [9.17, 15) is 50.4 Å². The molecule has 0 saturated carbocycles. The third kappa shape index (κ3) is 5.48. The van der Waals surface area contributed by atoms with Gasteiger partial charge in [-0.05, 0) is 0 Å². The van der Waals surface area contributed by atoms with E-state index in [0.29, 0.717) is 0 Å². The summed E-state index contributed by atoms with van der Waals surface area (Å²) in [6, 6.07) is -1.65. The fourth-order valence-corrected chi connectivity index (χ4v) is 3.79. The zero-order valence-electron chi connectivity index (χ0n) is 18.2. The van der Waals surface area contributed by atoms with Gasteiger partial charge in [-0.15, -0.1) is 0 Å². The Morgan fingerprint density at radius 2 is 1.68 bits per heavy atom. The molecule has 2 fully saturated rings. The first-order valence-corrected chi connectivity index (χ1v) is 10.2.